The summed E-state index contributed by atoms with van der Waals surface area (Å²) in [5.41, 5.74) is 2.75. The SMILES string of the molecule is O=C(Cc1cccs1)N[C@@H]1C(=O)N2C(C(=O)OC(c3ccccc3)c3ccccc3)=C(/C=C/COc3ccc(Cl)cc3C(=O)Nc3ccc(Cl)c(Cl)c3)CS[C@H]12. The topological polar surface area (TPSA) is 114 Å². The molecule has 1 saturated heterocycles. The van der Waals surface area contributed by atoms with Gasteiger partial charge in [-0.25, -0.2) is 4.79 Å². The van der Waals surface area contributed by atoms with E-state index in [-0.39, 0.29) is 41.0 Å². The number of anilines is 1. The fourth-order valence-corrected chi connectivity index (χ4v) is 8.70. The number of nitrogens with one attached hydrogen (secondary N) is 2. The lowest BCUT2D eigenvalue weighted by Crippen LogP contribution is -2.70. The molecular weight excluding hydrogens is 813 g/mol. The Morgan fingerprint density at radius 2 is 1.61 bits per heavy atom. The number of hydrogen-bond donors (Lipinski definition) is 2. The summed E-state index contributed by atoms with van der Waals surface area (Å²) >= 11 is 21.3. The minimum atomic E-state index is -0.804. The molecule has 2 atom stereocenters. The molecule has 4 aromatic carbocycles. The molecule has 284 valence electrons. The number of allylic oxidation sites excluding steroid dienone is 1. The Hall–Kier alpha value is -5.04. The molecule has 1 aromatic heterocycles. The molecule has 0 bridgehead atoms. The molecule has 5 aromatic rings. The quantitative estimate of drug-likeness (QED) is 0.0898. The third-order valence-corrected chi connectivity index (χ3v) is 12.0. The molecule has 3 heterocycles. The Bertz CT molecular complexity index is 2280. The summed E-state index contributed by atoms with van der Waals surface area (Å²) in [6, 6.07) is 31.1. The minimum absolute atomic E-state index is 0.000608. The van der Waals surface area contributed by atoms with Crippen LogP contribution in [0.2, 0.25) is 15.1 Å². The number of halogens is 3. The van der Waals surface area contributed by atoms with Gasteiger partial charge in [-0.05, 0) is 70.6 Å². The number of thiophene rings is 1. The number of fused-ring (bicyclic) bond motifs is 1. The van der Waals surface area contributed by atoms with Crippen molar-refractivity contribution >= 4 is 87.3 Å². The van der Waals surface area contributed by atoms with Crippen LogP contribution >= 0.6 is 57.9 Å². The molecule has 0 saturated carbocycles. The number of amides is 3. The van der Waals surface area contributed by atoms with Gasteiger partial charge in [0, 0.05) is 21.3 Å². The fourth-order valence-electron chi connectivity index (χ4n) is 6.21. The molecular formula is C42H32Cl3N3O6S2. The molecule has 0 radical (unpaired) electrons. The van der Waals surface area contributed by atoms with Crippen molar-refractivity contribution in [1.82, 2.24) is 10.2 Å². The molecule has 1 fully saturated rings. The van der Waals surface area contributed by atoms with Crippen LogP contribution in [0.1, 0.15) is 32.5 Å². The van der Waals surface area contributed by atoms with Gasteiger partial charge in [0.25, 0.3) is 11.8 Å². The van der Waals surface area contributed by atoms with Crippen molar-refractivity contribution in [3.8, 4) is 5.75 Å². The van der Waals surface area contributed by atoms with Crippen LogP contribution in [0.15, 0.2) is 138 Å². The summed E-state index contributed by atoms with van der Waals surface area (Å²) in [4.78, 5) is 56.6. The number of hydrogen-bond acceptors (Lipinski definition) is 8. The van der Waals surface area contributed by atoms with E-state index in [1.54, 1.807) is 36.4 Å². The molecule has 0 spiro atoms. The Morgan fingerprint density at radius 1 is 0.875 bits per heavy atom. The van der Waals surface area contributed by atoms with Crippen LogP contribution in [0.25, 0.3) is 0 Å². The first-order valence-corrected chi connectivity index (χ1v) is 20.4. The fraction of sp³-hybridized carbons (Fsp3) is 0.143. The highest BCUT2D eigenvalue weighted by Crippen LogP contribution is 2.42. The first-order chi connectivity index (χ1) is 27.2. The first kappa shape index (κ1) is 39.2. The lowest BCUT2D eigenvalue weighted by molar-refractivity contribution is -0.154. The number of β-lactam (4-membered cyclic amide) rings is 1. The predicted molar refractivity (Wildman–Crippen MR) is 221 cm³/mol. The maximum atomic E-state index is 14.3. The molecule has 0 unspecified atom stereocenters. The zero-order valence-electron chi connectivity index (χ0n) is 29.3. The number of carbonyl (C=O) groups is 4. The zero-order chi connectivity index (χ0) is 39.2. The third-order valence-electron chi connectivity index (χ3n) is 8.87. The maximum absolute atomic E-state index is 14.3. The first-order valence-electron chi connectivity index (χ1n) is 17.3. The van der Waals surface area contributed by atoms with Crippen LogP contribution in [-0.2, 0) is 25.5 Å². The summed E-state index contributed by atoms with van der Waals surface area (Å²) in [7, 11) is 0. The summed E-state index contributed by atoms with van der Waals surface area (Å²) < 4.78 is 12.3. The van der Waals surface area contributed by atoms with Crippen LogP contribution < -0.4 is 15.4 Å². The van der Waals surface area contributed by atoms with Crippen molar-refractivity contribution in [2.45, 2.75) is 23.9 Å². The second-order valence-corrected chi connectivity index (χ2v) is 16.0. The van der Waals surface area contributed by atoms with Gasteiger partial charge in [0.05, 0.1) is 22.0 Å². The molecule has 2 N–H and O–H groups in total. The molecule has 56 heavy (non-hydrogen) atoms. The normalized spacial score (nSPS) is 16.4. The number of rotatable bonds is 13. The van der Waals surface area contributed by atoms with Crippen LogP contribution in [0.5, 0.6) is 5.75 Å². The number of nitrogens with zero attached hydrogens (tertiary/aromatic N) is 1. The van der Waals surface area contributed by atoms with E-state index in [9.17, 15) is 19.2 Å². The van der Waals surface area contributed by atoms with Gasteiger partial charge in [0.2, 0.25) is 5.91 Å². The van der Waals surface area contributed by atoms with Crippen molar-refractivity contribution in [3.63, 3.8) is 0 Å². The maximum Gasteiger partial charge on any atom is 0.356 e. The van der Waals surface area contributed by atoms with E-state index >= 15 is 0 Å². The van der Waals surface area contributed by atoms with Crippen LogP contribution in [0.4, 0.5) is 5.69 Å². The molecule has 2 aliphatic heterocycles. The summed E-state index contributed by atoms with van der Waals surface area (Å²) in [6.45, 7) is 0.000608. The minimum Gasteiger partial charge on any atom is -0.489 e. The van der Waals surface area contributed by atoms with E-state index in [2.05, 4.69) is 10.6 Å². The Balaban J connectivity index is 1.13. The van der Waals surface area contributed by atoms with Gasteiger partial charge in [-0.1, -0.05) is 108 Å². The highest BCUT2D eigenvalue weighted by atomic mass is 35.5. The van der Waals surface area contributed by atoms with Crippen molar-refractivity contribution < 1.29 is 28.7 Å². The van der Waals surface area contributed by atoms with Gasteiger partial charge in [-0.3, -0.25) is 19.3 Å². The Labute approximate surface area is 346 Å². The van der Waals surface area contributed by atoms with Gasteiger partial charge < -0.3 is 20.1 Å². The smallest absolute Gasteiger partial charge is 0.356 e. The molecule has 14 heteroatoms. The van der Waals surface area contributed by atoms with E-state index in [0.29, 0.717) is 27.1 Å². The number of thioether (sulfide) groups is 1. The lowest BCUT2D eigenvalue weighted by atomic mass is 10.0. The zero-order valence-corrected chi connectivity index (χ0v) is 33.2. The van der Waals surface area contributed by atoms with E-state index in [1.807, 2.05) is 78.2 Å². The van der Waals surface area contributed by atoms with E-state index in [1.165, 1.54) is 40.1 Å². The van der Waals surface area contributed by atoms with Crippen LogP contribution in [-0.4, -0.2) is 52.4 Å². The monoisotopic (exact) mass is 843 g/mol. The summed E-state index contributed by atoms with van der Waals surface area (Å²) in [6.07, 6.45) is 2.80. The lowest BCUT2D eigenvalue weighted by Gasteiger charge is -2.49. The average molecular weight is 845 g/mol. The highest BCUT2D eigenvalue weighted by molar-refractivity contribution is 8.00. The van der Waals surface area contributed by atoms with Gasteiger partial charge >= 0.3 is 5.97 Å². The summed E-state index contributed by atoms with van der Waals surface area (Å²) in [5.74, 6) is -1.26. The van der Waals surface area contributed by atoms with Gasteiger partial charge in [0.15, 0.2) is 6.10 Å². The van der Waals surface area contributed by atoms with Gasteiger partial charge in [0.1, 0.15) is 29.5 Å². The predicted octanol–water partition coefficient (Wildman–Crippen LogP) is 9.13. The van der Waals surface area contributed by atoms with Crippen LogP contribution in [0, 0.1) is 0 Å². The number of ether oxygens (including phenoxy) is 2. The largest absolute Gasteiger partial charge is 0.489 e. The number of esters is 1. The molecule has 7 rings (SSSR count). The van der Waals surface area contributed by atoms with Gasteiger partial charge in [-0.2, -0.15) is 0 Å². The molecule has 0 aliphatic carbocycles. The summed E-state index contributed by atoms with van der Waals surface area (Å²) in [5, 5.41) is 7.99. The Morgan fingerprint density at radius 3 is 2.29 bits per heavy atom. The van der Waals surface area contributed by atoms with Crippen molar-refractivity contribution in [2.24, 2.45) is 0 Å². The van der Waals surface area contributed by atoms with Crippen molar-refractivity contribution in [2.75, 3.05) is 17.7 Å². The molecule has 3 amide bonds. The number of benzene rings is 4. The van der Waals surface area contributed by atoms with Crippen LogP contribution in [0.3, 0.4) is 0 Å². The second-order valence-electron chi connectivity index (χ2n) is 12.6. The standard InChI is InChI=1S/C42H32Cl3N3O6S2/c43-28-15-18-34(31(21-28)39(50)46-29-16-17-32(44)33(45)22-29)53-19-7-13-27-24-56-41-36(47-35(49)23-30-14-8-20-55-30)40(51)48(41)37(27)42(52)54-38(25-9-3-1-4-10-25)26-11-5-2-6-12-26/h1-18,20-22,36,38,41H,19,23-24H2,(H,46,50)(H,47,49)/b13-7+/t36-,41-/m1/s1. The van der Waals surface area contributed by atoms with Crippen molar-refractivity contribution in [3.05, 3.63) is 175 Å². The van der Waals surface area contributed by atoms with E-state index in [4.69, 9.17) is 44.3 Å². The Kier molecular flexibility index (Phi) is 12.5. The second kappa shape index (κ2) is 17.8. The average Bonchev–Trinajstić information content (AvgIpc) is 3.72. The van der Waals surface area contributed by atoms with E-state index < -0.39 is 35.3 Å². The molecule has 2 aliphatic rings. The number of carbonyl (C=O) groups excluding carboxylic acids is 4. The molecule has 9 nitrogen and oxygen atoms in total. The van der Waals surface area contributed by atoms with E-state index in [0.717, 1.165) is 16.0 Å². The van der Waals surface area contributed by atoms with Gasteiger partial charge in [-0.15, -0.1) is 23.1 Å². The van der Waals surface area contributed by atoms with Crippen molar-refractivity contribution in [1.29, 1.82) is 0 Å². The third kappa shape index (κ3) is 8.98. The highest BCUT2D eigenvalue weighted by Gasteiger charge is 2.54.